The molecule has 2 aromatic rings. The second-order valence-corrected chi connectivity index (χ2v) is 3.54. The SMILES string of the molecule is CCOCCCn1c(N)nc2cnccc21. The third-order valence-corrected chi connectivity index (χ3v) is 2.45. The van der Waals surface area contributed by atoms with Gasteiger partial charge in [0.2, 0.25) is 5.95 Å². The van der Waals surface area contributed by atoms with E-state index in [0.717, 1.165) is 37.2 Å². The standard InChI is InChI=1S/C11H16N4O/c1-2-16-7-3-6-15-10-4-5-13-8-9(10)14-11(15)12/h4-5,8H,2-3,6-7H2,1H3,(H2,12,14). The fourth-order valence-corrected chi connectivity index (χ4v) is 1.70. The van der Waals surface area contributed by atoms with Crippen LogP contribution in [0.2, 0.25) is 0 Å². The van der Waals surface area contributed by atoms with E-state index < -0.39 is 0 Å². The van der Waals surface area contributed by atoms with Crippen LogP contribution < -0.4 is 5.73 Å². The number of nitrogens with two attached hydrogens (primary N) is 1. The van der Waals surface area contributed by atoms with Crippen LogP contribution in [0.3, 0.4) is 0 Å². The molecule has 0 amide bonds. The van der Waals surface area contributed by atoms with Crippen LogP contribution in [0.15, 0.2) is 18.5 Å². The van der Waals surface area contributed by atoms with E-state index in [2.05, 4.69) is 9.97 Å². The van der Waals surface area contributed by atoms with Gasteiger partial charge in [0, 0.05) is 26.0 Å². The number of ether oxygens (including phenoxy) is 1. The van der Waals surface area contributed by atoms with E-state index in [1.165, 1.54) is 0 Å². The van der Waals surface area contributed by atoms with Crippen molar-refractivity contribution in [2.45, 2.75) is 19.9 Å². The number of hydrogen-bond donors (Lipinski definition) is 1. The second-order valence-electron chi connectivity index (χ2n) is 3.54. The molecule has 0 saturated carbocycles. The average Bonchev–Trinajstić information content (AvgIpc) is 2.61. The molecule has 16 heavy (non-hydrogen) atoms. The first-order valence-electron chi connectivity index (χ1n) is 5.46. The summed E-state index contributed by atoms with van der Waals surface area (Å²) in [6.45, 7) is 4.32. The molecular formula is C11H16N4O. The van der Waals surface area contributed by atoms with Crippen LogP contribution >= 0.6 is 0 Å². The summed E-state index contributed by atoms with van der Waals surface area (Å²) in [7, 11) is 0. The lowest BCUT2D eigenvalue weighted by molar-refractivity contribution is 0.142. The molecular weight excluding hydrogens is 204 g/mol. The minimum Gasteiger partial charge on any atom is -0.382 e. The van der Waals surface area contributed by atoms with E-state index in [1.807, 2.05) is 17.6 Å². The fraction of sp³-hybridized carbons (Fsp3) is 0.455. The van der Waals surface area contributed by atoms with Gasteiger partial charge in [-0.05, 0) is 19.4 Å². The molecule has 2 heterocycles. The Balaban J connectivity index is 2.13. The maximum atomic E-state index is 5.85. The van der Waals surface area contributed by atoms with Gasteiger partial charge in [0.1, 0.15) is 5.52 Å². The average molecular weight is 220 g/mol. The van der Waals surface area contributed by atoms with E-state index in [-0.39, 0.29) is 0 Å². The Bertz CT molecular complexity index is 466. The molecule has 0 saturated heterocycles. The smallest absolute Gasteiger partial charge is 0.201 e. The quantitative estimate of drug-likeness (QED) is 0.774. The molecule has 0 aliphatic rings. The summed E-state index contributed by atoms with van der Waals surface area (Å²) < 4.78 is 7.29. The maximum absolute atomic E-state index is 5.85. The van der Waals surface area contributed by atoms with Crippen molar-refractivity contribution >= 4 is 17.0 Å². The molecule has 0 aliphatic carbocycles. The third-order valence-electron chi connectivity index (χ3n) is 2.45. The van der Waals surface area contributed by atoms with E-state index in [4.69, 9.17) is 10.5 Å². The normalized spacial score (nSPS) is 11.1. The zero-order chi connectivity index (χ0) is 11.4. The number of nitrogen functional groups attached to an aromatic ring is 1. The molecule has 2 aromatic heterocycles. The summed E-state index contributed by atoms with van der Waals surface area (Å²) in [5.74, 6) is 0.541. The van der Waals surface area contributed by atoms with Crippen molar-refractivity contribution in [3.8, 4) is 0 Å². The van der Waals surface area contributed by atoms with Gasteiger partial charge in [0.25, 0.3) is 0 Å². The molecule has 86 valence electrons. The van der Waals surface area contributed by atoms with Crippen LogP contribution in [0.1, 0.15) is 13.3 Å². The predicted molar refractivity (Wildman–Crippen MR) is 63.1 cm³/mol. The number of anilines is 1. The van der Waals surface area contributed by atoms with E-state index in [9.17, 15) is 0 Å². The molecule has 5 heteroatoms. The molecule has 0 aliphatic heterocycles. The molecule has 0 atom stereocenters. The number of pyridine rings is 1. The highest BCUT2D eigenvalue weighted by Gasteiger charge is 2.06. The molecule has 2 rings (SSSR count). The zero-order valence-corrected chi connectivity index (χ0v) is 9.39. The van der Waals surface area contributed by atoms with Gasteiger partial charge in [-0.3, -0.25) is 4.98 Å². The highest BCUT2D eigenvalue weighted by molar-refractivity contribution is 5.76. The summed E-state index contributed by atoms with van der Waals surface area (Å²) >= 11 is 0. The summed E-state index contributed by atoms with van der Waals surface area (Å²) in [4.78, 5) is 8.27. The highest BCUT2D eigenvalue weighted by Crippen LogP contribution is 2.16. The van der Waals surface area contributed by atoms with Gasteiger partial charge in [-0.1, -0.05) is 0 Å². The van der Waals surface area contributed by atoms with E-state index >= 15 is 0 Å². The van der Waals surface area contributed by atoms with Gasteiger partial charge in [0.05, 0.1) is 11.7 Å². The Morgan fingerprint density at radius 1 is 1.50 bits per heavy atom. The number of rotatable bonds is 5. The van der Waals surface area contributed by atoms with Gasteiger partial charge < -0.3 is 15.0 Å². The number of nitrogens with zero attached hydrogens (tertiary/aromatic N) is 3. The van der Waals surface area contributed by atoms with E-state index in [0.29, 0.717) is 5.95 Å². The van der Waals surface area contributed by atoms with E-state index in [1.54, 1.807) is 12.4 Å². The minimum atomic E-state index is 0.541. The number of imidazole rings is 1. The van der Waals surface area contributed by atoms with Crippen molar-refractivity contribution in [3.63, 3.8) is 0 Å². The third kappa shape index (κ3) is 2.14. The molecule has 0 unspecified atom stereocenters. The molecule has 0 fully saturated rings. The predicted octanol–water partition coefficient (Wildman–Crippen LogP) is 1.44. The summed E-state index contributed by atoms with van der Waals surface area (Å²) in [6.07, 6.45) is 4.42. The van der Waals surface area contributed by atoms with Crippen molar-refractivity contribution in [3.05, 3.63) is 18.5 Å². The highest BCUT2D eigenvalue weighted by atomic mass is 16.5. The van der Waals surface area contributed by atoms with Crippen LogP contribution in [0.4, 0.5) is 5.95 Å². The lowest BCUT2D eigenvalue weighted by Gasteiger charge is -2.06. The lowest BCUT2D eigenvalue weighted by atomic mass is 10.4. The number of fused-ring (bicyclic) bond motifs is 1. The maximum Gasteiger partial charge on any atom is 0.201 e. The van der Waals surface area contributed by atoms with Gasteiger partial charge in [-0.2, -0.15) is 0 Å². The monoisotopic (exact) mass is 220 g/mol. The Morgan fingerprint density at radius 3 is 3.19 bits per heavy atom. The fourth-order valence-electron chi connectivity index (χ4n) is 1.70. The van der Waals surface area contributed by atoms with Gasteiger partial charge >= 0.3 is 0 Å². The molecule has 0 radical (unpaired) electrons. The second kappa shape index (κ2) is 4.94. The first kappa shape index (κ1) is 10.9. The lowest BCUT2D eigenvalue weighted by Crippen LogP contribution is -2.06. The van der Waals surface area contributed by atoms with Crippen molar-refractivity contribution in [2.24, 2.45) is 0 Å². The van der Waals surface area contributed by atoms with Crippen LogP contribution in [0.5, 0.6) is 0 Å². The first-order chi connectivity index (χ1) is 7.83. The number of aryl methyl sites for hydroxylation is 1. The van der Waals surface area contributed by atoms with Crippen molar-refractivity contribution < 1.29 is 4.74 Å². The van der Waals surface area contributed by atoms with Gasteiger partial charge in [-0.25, -0.2) is 4.98 Å². The van der Waals surface area contributed by atoms with Crippen LogP contribution in [0.25, 0.3) is 11.0 Å². The van der Waals surface area contributed by atoms with Crippen molar-refractivity contribution in [1.29, 1.82) is 0 Å². The van der Waals surface area contributed by atoms with Crippen LogP contribution in [-0.4, -0.2) is 27.7 Å². The van der Waals surface area contributed by atoms with Gasteiger partial charge in [0.15, 0.2) is 0 Å². The number of aromatic nitrogens is 3. The first-order valence-corrected chi connectivity index (χ1v) is 5.46. The van der Waals surface area contributed by atoms with Gasteiger partial charge in [-0.15, -0.1) is 0 Å². The topological polar surface area (TPSA) is 66.0 Å². The molecule has 0 bridgehead atoms. The number of hydrogen-bond acceptors (Lipinski definition) is 4. The van der Waals surface area contributed by atoms with Crippen molar-refractivity contribution in [2.75, 3.05) is 18.9 Å². The Kier molecular flexibility index (Phi) is 3.36. The Morgan fingerprint density at radius 2 is 2.38 bits per heavy atom. The minimum absolute atomic E-state index is 0.541. The van der Waals surface area contributed by atoms with Crippen molar-refractivity contribution in [1.82, 2.24) is 14.5 Å². The molecule has 5 nitrogen and oxygen atoms in total. The summed E-state index contributed by atoms with van der Waals surface area (Å²) in [5, 5.41) is 0. The van der Waals surface area contributed by atoms with Crippen LogP contribution in [-0.2, 0) is 11.3 Å². The zero-order valence-electron chi connectivity index (χ0n) is 9.39. The molecule has 2 N–H and O–H groups in total. The summed E-state index contributed by atoms with van der Waals surface area (Å²) in [5.41, 5.74) is 7.73. The molecule has 0 spiro atoms. The summed E-state index contributed by atoms with van der Waals surface area (Å²) in [6, 6.07) is 1.93. The largest absolute Gasteiger partial charge is 0.382 e. The van der Waals surface area contributed by atoms with Crippen LogP contribution in [0, 0.1) is 0 Å². The Labute approximate surface area is 94.2 Å². The molecule has 0 aromatic carbocycles. The Hall–Kier alpha value is -1.62.